The number of anilines is 1. The first kappa shape index (κ1) is 23.7. The predicted molar refractivity (Wildman–Crippen MR) is 121 cm³/mol. The fourth-order valence-corrected chi connectivity index (χ4v) is 4.20. The summed E-state index contributed by atoms with van der Waals surface area (Å²) in [6.45, 7) is -1.88. The third kappa shape index (κ3) is 6.31. The highest BCUT2D eigenvalue weighted by molar-refractivity contribution is 7.99. The van der Waals surface area contributed by atoms with Gasteiger partial charge in [-0.2, -0.15) is 8.78 Å². The lowest BCUT2D eigenvalue weighted by Gasteiger charge is -2.31. The molecule has 1 N–H and O–H groups in total. The summed E-state index contributed by atoms with van der Waals surface area (Å²) in [4.78, 5) is 26.8. The number of aromatic nitrogens is 2. The number of likely N-dealkylation sites (tertiary alicyclic amines) is 1. The number of para-hydroxylation sites is 1. The summed E-state index contributed by atoms with van der Waals surface area (Å²) in [5.41, 5.74) is 1.31. The Labute approximate surface area is 198 Å². The van der Waals surface area contributed by atoms with Crippen molar-refractivity contribution in [2.75, 3.05) is 24.2 Å². The van der Waals surface area contributed by atoms with Gasteiger partial charge in [0.05, 0.1) is 5.75 Å². The van der Waals surface area contributed by atoms with Gasteiger partial charge in [0.2, 0.25) is 17.7 Å². The molecule has 2 aromatic carbocycles. The SMILES string of the molecule is O=C(Nc1ccccc1)C1CCN(C(=O)CSc2nnc(-c3ccc(OC(F)F)cc3)o2)CC1. The number of nitrogens with zero attached hydrogens (tertiary/aromatic N) is 3. The number of carbonyl (C=O) groups is 2. The zero-order valence-corrected chi connectivity index (χ0v) is 18.8. The molecule has 0 atom stereocenters. The van der Waals surface area contributed by atoms with Gasteiger partial charge in [-0.05, 0) is 49.2 Å². The van der Waals surface area contributed by atoms with Gasteiger partial charge in [0.15, 0.2) is 0 Å². The first-order chi connectivity index (χ1) is 16.5. The minimum absolute atomic E-state index is 0.0276. The van der Waals surface area contributed by atoms with E-state index in [4.69, 9.17) is 4.42 Å². The maximum Gasteiger partial charge on any atom is 0.387 e. The van der Waals surface area contributed by atoms with Crippen LogP contribution in [0, 0.1) is 5.92 Å². The Morgan fingerprint density at radius 2 is 1.79 bits per heavy atom. The Bertz CT molecular complexity index is 1100. The number of alkyl halides is 2. The Balaban J connectivity index is 1.22. The molecule has 8 nitrogen and oxygen atoms in total. The molecule has 2 amide bonds. The number of amides is 2. The summed E-state index contributed by atoms with van der Waals surface area (Å²) in [6.07, 6.45) is 1.20. The highest BCUT2D eigenvalue weighted by Gasteiger charge is 2.27. The van der Waals surface area contributed by atoms with E-state index < -0.39 is 6.61 Å². The molecule has 0 spiro atoms. The van der Waals surface area contributed by atoms with Crippen LogP contribution in [0.5, 0.6) is 5.75 Å². The number of benzene rings is 2. The first-order valence-corrected chi connectivity index (χ1v) is 11.6. The van der Waals surface area contributed by atoms with Crippen molar-refractivity contribution in [3.05, 3.63) is 54.6 Å². The molecule has 3 aromatic rings. The van der Waals surface area contributed by atoms with Crippen LogP contribution in [0.25, 0.3) is 11.5 Å². The zero-order valence-electron chi connectivity index (χ0n) is 18.0. The fraction of sp³-hybridized carbons (Fsp3) is 0.304. The molecule has 0 bridgehead atoms. The van der Waals surface area contributed by atoms with Gasteiger partial charge in [-0.15, -0.1) is 10.2 Å². The molecular formula is C23H22F2N4O4S. The second-order valence-electron chi connectivity index (χ2n) is 7.58. The number of piperidine rings is 1. The van der Waals surface area contributed by atoms with Gasteiger partial charge < -0.3 is 19.4 Å². The molecule has 1 aliphatic rings. The van der Waals surface area contributed by atoms with Crippen molar-refractivity contribution in [1.29, 1.82) is 0 Å². The minimum atomic E-state index is -2.90. The van der Waals surface area contributed by atoms with Crippen molar-refractivity contribution in [3.63, 3.8) is 0 Å². The number of rotatable bonds is 8. The van der Waals surface area contributed by atoms with Crippen LogP contribution in [0.15, 0.2) is 64.2 Å². The van der Waals surface area contributed by atoms with Crippen molar-refractivity contribution in [3.8, 4) is 17.2 Å². The van der Waals surface area contributed by atoms with Gasteiger partial charge >= 0.3 is 6.61 Å². The predicted octanol–water partition coefficient (Wildman–Crippen LogP) is 4.31. The van der Waals surface area contributed by atoms with Crippen LogP contribution in [0.2, 0.25) is 0 Å². The standard InChI is InChI=1S/C23H22F2N4O4S/c24-22(25)32-18-8-6-16(7-9-18)21-27-28-23(33-21)34-14-19(30)29-12-10-15(11-13-29)20(31)26-17-4-2-1-3-5-17/h1-9,15,22H,10-14H2,(H,26,31). The van der Waals surface area contributed by atoms with Crippen molar-refractivity contribution in [2.45, 2.75) is 24.7 Å². The number of carbonyl (C=O) groups excluding carboxylic acids is 2. The average Bonchev–Trinajstić information content (AvgIpc) is 3.32. The molecule has 0 saturated carbocycles. The largest absolute Gasteiger partial charge is 0.435 e. The quantitative estimate of drug-likeness (QED) is 0.472. The van der Waals surface area contributed by atoms with Crippen LogP contribution in [0.4, 0.5) is 14.5 Å². The molecule has 0 aliphatic carbocycles. The molecule has 11 heteroatoms. The van der Waals surface area contributed by atoms with E-state index in [0.29, 0.717) is 31.5 Å². The molecule has 2 heterocycles. The molecule has 178 valence electrons. The van der Waals surface area contributed by atoms with E-state index in [1.165, 1.54) is 24.3 Å². The van der Waals surface area contributed by atoms with Crippen LogP contribution in [-0.4, -0.2) is 52.4 Å². The Morgan fingerprint density at radius 1 is 1.09 bits per heavy atom. The summed E-state index contributed by atoms with van der Waals surface area (Å²) in [5.74, 6) is 0.139. The summed E-state index contributed by atoms with van der Waals surface area (Å²) in [6, 6.07) is 15.1. The van der Waals surface area contributed by atoms with Gasteiger partial charge in [0.25, 0.3) is 5.22 Å². The van der Waals surface area contributed by atoms with E-state index in [2.05, 4.69) is 20.3 Å². The molecule has 1 aromatic heterocycles. The van der Waals surface area contributed by atoms with Crippen LogP contribution in [0.1, 0.15) is 12.8 Å². The molecule has 0 radical (unpaired) electrons. The van der Waals surface area contributed by atoms with E-state index in [0.717, 1.165) is 17.4 Å². The third-order valence-corrected chi connectivity index (χ3v) is 6.12. The number of nitrogens with one attached hydrogen (secondary N) is 1. The highest BCUT2D eigenvalue weighted by Crippen LogP contribution is 2.26. The van der Waals surface area contributed by atoms with E-state index in [1.807, 2.05) is 30.3 Å². The summed E-state index contributed by atoms with van der Waals surface area (Å²) in [5, 5.41) is 11.0. The van der Waals surface area contributed by atoms with Gasteiger partial charge in [0.1, 0.15) is 5.75 Å². The number of ether oxygens (including phenoxy) is 1. The minimum Gasteiger partial charge on any atom is -0.435 e. The summed E-state index contributed by atoms with van der Waals surface area (Å²) >= 11 is 1.12. The lowest BCUT2D eigenvalue weighted by atomic mass is 9.96. The zero-order chi connectivity index (χ0) is 23.9. The Kier molecular flexibility index (Phi) is 7.73. The second-order valence-corrected chi connectivity index (χ2v) is 8.50. The molecule has 0 unspecified atom stereocenters. The van der Waals surface area contributed by atoms with Gasteiger partial charge in [-0.25, -0.2) is 0 Å². The number of thioether (sulfide) groups is 1. The monoisotopic (exact) mass is 488 g/mol. The van der Waals surface area contributed by atoms with E-state index in [1.54, 1.807) is 4.90 Å². The molecule has 1 saturated heterocycles. The molecule has 1 aliphatic heterocycles. The fourth-order valence-electron chi connectivity index (χ4n) is 3.54. The van der Waals surface area contributed by atoms with Crippen molar-refractivity contribution in [2.24, 2.45) is 5.92 Å². The van der Waals surface area contributed by atoms with E-state index in [9.17, 15) is 18.4 Å². The number of hydrogen-bond acceptors (Lipinski definition) is 7. The average molecular weight is 489 g/mol. The van der Waals surface area contributed by atoms with E-state index in [-0.39, 0.29) is 40.3 Å². The van der Waals surface area contributed by atoms with Crippen molar-refractivity contribution < 1.29 is 27.5 Å². The molecule has 1 fully saturated rings. The lowest BCUT2D eigenvalue weighted by molar-refractivity contribution is -0.132. The van der Waals surface area contributed by atoms with Crippen LogP contribution in [-0.2, 0) is 9.59 Å². The molecule has 4 rings (SSSR count). The third-order valence-electron chi connectivity index (χ3n) is 5.31. The topological polar surface area (TPSA) is 97.6 Å². The van der Waals surface area contributed by atoms with Crippen molar-refractivity contribution >= 4 is 29.3 Å². The van der Waals surface area contributed by atoms with Crippen LogP contribution < -0.4 is 10.1 Å². The maximum absolute atomic E-state index is 12.6. The normalized spacial score (nSPS) is 14.3. The van der Waals surface area contributed by atoms with Crippen molar-refractivity contribution in [1.82, 2.24) is 15.1 Å². The first-order valence-electron chi connectivity index (χ1n) is 10.6. The van der Waals surface area contributed by atoms with Crippen LogP contribution >= 0.6 is 11.8 Å². The summed E-state index contributed by atoms with van der Waals surface area (Å²) < 4.78 is 34.4. The van der Waals surface area contributed by atoms with Gasteiger partial charge in [-0.3, -0.25) is 9.59 Å². The number of halogens is 2. The van der Waals surface area contributed by atoms with Crippen LogP contribution in [0.3, 0.4) is 0 Å². The molecule has 34 heavy (non-hydrogen) atoms. The lowest BCUT2D eigenvalue weighted by Crippen LogP contribution is -2.42. The smallest absolute Gasteiger partial charge is 0.387 e. The molecular weight excluding hydrogens is 466 g/mol. The second kappa shape index (κ2) is 11.1. The maximum atomic E-state index is 12.6. The van der Waals surface area contributed by atoms with E-state index >= 15 is 0 Å². The highest BCUT2D eigenvalue weighted by atomic mass is 32.2. The van der Waals surface area contributed by atoms with Gasteiger partial charge in [-0.1, -0.05) is 30.0 Å². The number of hydrogen-bond donors (Lipinski definition) is 1. The Hall–Kier alpha value is -3.47. The Morgan fingerprint density at radius 3 is 2.47 bits per heavy atom. The summed E-state index contributed by atoms with van der Waals surface area (Å²) in [7, 11) is 0. The van der Waals surface area contributed by atoms with Gasteiger partial charge in [0, 0.05) is 30.3 Å².